The standard InChI is InChI=1S/C77H112N12O17/c1-34(2)22-52-58(93)30-48(41(14)90)72(102)87-56(68(98)83-62(38(9)10)70(100)84-63(39(11)12)74(104)89-55(67(97)79-52)28-46(92)33-78-89)31-76(105)49-25-43(16-17-45(49)27-60(76)87)44-18-19-51-50(26-44)77(106)32-57-69(99)82-61(37(7)8)59(94)29-47(36(5)6)71(101)86-21-20-40(13)24-54(86)66(96)80-53(23-35(3)4)65(95)85-64(42(15)91)73(103)88(57)75(77)81-51/h16-19,25-26,34-42,46-48,52-57,60-64,75,78,81,90-92,105-106H,20-24,27-33H2,1-15H3,(H,79,97)(H,80,96)(H,82,99)(H,83,98)(H,84,100)(H,85,95)/t40-,41-,42-,46+,47-,48+,52-,53-,54+,55+,56-,57-,60+,61+,62+,63-,64+,75-,76+,77+/m0/s1. The summed E-state index contributed by atoms with van der Waals surface area (Å²) in [7, 11) is 0. The molecule has 0 unspecified atom stereocenters. The summed E-state index contributed by atoms with van der Waals surface area (Å²) in [5, 5.41) is 82.1. The number of ketones is 2. The number of rotatable bonds is 11. The molecule has 0 saturated carbocycles. The van der Waals surface area contributed by atoms with Crippen LogP contribution in [0.1, 0.15) is 178 Å². The Morgan fingerprint density at radius 2 is 1.02 bits per heavy atom. The number of nitrogens with one attached hydrogen (secondary N) is 8. The van der Waals surface area contributed by atoms with Gasteiger partial charge in [0.05, 0.1) is 42.4 Å². The molecular formula is C77H112N12O17. The number of benzene rings is 2. The van der Waals surface area contributed by atoms with E-state index in [0.29, 0.717) is 34.4 Å². The molecule has 0 aromatic heterocycles. The lowest BCUT2D eigenvalue weighted by Crippen LogP contribution is -2.67. The van der Waals surface area contributed by atoms with Crippen LogP contribution >= 0.6 is 0 Å². The van der Waals surface area contributed by atoms with Gasteiger partial charge < -0.3 is 77.4 Å². The highest BCUT2D eigenvalue weighted by molar-refractivity contribution is 6.02. The van der Waals surface area contributed by atoms with E-state index in [1.165, 1.54) is 23.6 Å². The smallest absolute Gasteiger partial charge is 0.260 e. The summed E-state index contributed by atoms with van der Waals surface area (Å²) in [6.07, 6.45) is -6.89. The summed E-state index contributed by atoms with van der Waals surface area (Å²) >= 11 is 0. The number of Topliss-reactive ketones (excluding diaryl/α,β-unsaturated/α-hetero) is 2. The van der Waals surface area contributed by atoms with E-state index in [-0.39, 0.29) is 74.9 Å². The quantitative estimate of drug-likeness (QED) is 0.151. The van der Waals surface area contributed by atoms with Crippen LogP contribution in [0, 0.1) is 53.3 Å². The molecule has 29 heteroatoms. The molecule has 582 valence electrons. The van der Waals surface area contributed by atoms with E-state index in [2.05, 4.69) is 42.6 Å². The summed E-state index contributed by atoms with van der Waals surface area (Å²) in [5.41, 5.74) is 0.960. The number of piperidine rings is 1. The molecule has 13 N–H and O–H groups in total. The lowest BCUT2D eigenvalue weighted by Gasteiger charge is -2.41. The first-order valence-electron chi connectivity index (χ1n) is 38.1. The predicted molar refractivity (Wildman–Crippen MR) is 388 cm³/mol. The maximum absolute atomic E-state index is 15.7. The largest absolute Gasteiger partial charge is 0.393 e. The van der Waals surface area contributed by atoms with E-state index in [0.717, 1.165) is 9.91 Å². The molecule has 0 bridgehead atoms. The predicted octanol–water partition coefficient (Wildman–Crippen LogP) is 1.26. The van der Waals surface area contributed by atoms with Gasteiger partial charge in [0.25, 0.3) is 5.91 Å². The molecule has 20 atom stereocenters. The summed E-state index contributed by atoms with van der Waals surface area (Å²) in [5.74, 6) is -13.9. The molecule has 7 aliphatic heterocycles. The third-order valence-electron chi connectivity index (χ3n) is 23.3. The zero-order chi connectivity index (χ0) is 77.9. The van der Waals surface area contributed by atoms with Crippen molar-refractivity contribution in [3.05, 3.63) is 53.1 Å². The first kappa shape index (κ1) is 80.6. The number of hydrogen-bond donors (Lipinski definition) is 13. The average Bonchev–Trinajstić information content (AvgIpc) is 1.55. The Bertz CT molecular complexity index is 3530. The number of anilines is 1. The van der Waals surface area contributed by atoms with E-state index in [1.54, 1.807) is 91.8 Å². The zero-order valence-electron chi connectivity index (χ0n) is 63.7. The van der Waals surface area contributed by atoms with Crippen LogP contribution in [0.4, 0.5) is 5.69 Å². The minimum atomic E-state index is -2.13. The van der Waals surface area contributed by atoms with Crippen LogP contribution in [0.15, 0.2) is 36.4 Å². The Kier molecular flexibility index (Phi) is 24.1. The molecule has 7 heterocycles. The van der Waals surface area contributed by atoms with Gasteiger partial charge in [0, 0.05) is 62.4 Å². The van der Waals surface area contributed by atoms with Crippen LogP contribution in [0.3, 0.4) is 0 Å². The molecule has 8 aliphatic rings. The van der Waals surface area contributed by atoms with Crippen LogP contribution in [-0.2, 0) is 75.2 Å². The number of hydrazine groups is 1. The fourth-order valence-corrected chi connectivity index (χ4v) is 17.2. The molecule has 10 amide bonds. The van der Waals surface area contributed by atoms with Crippen LogP contribution < -0.4 is 42.6 Å². The number of carbonyl (C=O) groups is 12. The van der Waals surface area contributed by atoms with Crippen LogP contribution in [-0.4, -0.2) is 220 Å². The first-order valence-corrected chi connectivity index (χ1v) is 38.1. The van der Waals surface area contributed by atoms with Crippen molar-refractivity contribution in [1.82, 2.24) is 57.0 Å². The highest BCUT2D eigenvalue weighted by Crippen LogP contribution is 2.53. The number of aliphatic hydroxyl groups is 5. The number of carbonyl (C=O) groups excluding carboxylic acids is 12. The topological polar surface area (TPSA) is 415 Å². The molecule has 6 fully saturated rings. The Labute approximate surface area is 619 Å². The third-order valence-corrected chi connectivity index (χ3v) is 23.3. The van der Waals surface area contributed by atoms with Crippen molar-refractivity contribution in [2.24, 2.45) is 53.3 Å². The maximum Gasteiger partial charge on any atom is 0.260 e. The number of fused-ring (bicyclic) bond motifs is 12. The number of aliphatic hydroxyl groups excluding tert-OH is 3. The van der Waals surface area contributed by atoms with Crippen molar-refractivity contribution in [1.29, 1.82) is 0 Å². The van der Waals surface area contributed by atoms with Gasteiger partial charge in [-0.25, -0.2) is 5.43 Å². The van der Waals surface area contributed by atoms with Gasteiger partial charge in [-0.05, 0) is 128 Å². The average molecular weight is 1480 g/mol. The van der Waals surface area contributed by atoms with Gasteiger partial charge in [-0.2, -0.15) is 0 Å². The number of amides is 10. The van der Waals surface area contributed by atoms with Gasteiger partial charge in [-0.1, -0.05) is 108 Å². The van der Waals surface area contributed by atoms with Gasteiger partial charge in [-0.15, -0.1) is 0 Å². The molecule has 29 nitrogen and oxygen atoms in total. The van der Waals surface area contributed by atoms with Gasteiger partial charge in [0.15, 0.2) is 11.6 Å². The molecule has 10 rings (SSSR count). The highest BCUT2D eigenvalue weighted by atomic mass is 16.3. The van der Waals surface area contributed by atoms with Crippen molar-refractivity contribution in [3.8, 4) is 11.1 Å². The fourth-order valence-electron chi connectivity index (χ4n) is 17.2. The number of β-amino-alcohol motifs (C(OH)–C–C–N with tert-alkyl or cyclic N) is 1. The molecule has 2 aromatic rings. The Hall–Kier alpha value is -7.96. The van der Waals surface area contributed by atoms with E-state index < -0.39 is 228 Å². The summed E-state index contributed by atoms with van der Waals surface area (Å²) < 4.78 is 0. The number of hydrogen-bond acceptors (Lipinski definition) is 19. The van der Waals surface area contributed by atoms with Gasteiger partial charge >= 0.3 is 0 Å². The summed E-state index contributed by atoms with van der Waals surface area (Å²) in [6, 6.07) is -4.71. The molecule has 0 radical (unpaired) electrons. The maximum atomic E-state index is 15.7. The van der Waals surface area contributed by atoms with E-state index >= 15 is 19.2 Å². The van der Waals surface area contributed by atoms with Gasteiger partial charge in [0.2, 0.25) is 53.2 Å². The third kappa shape index (κ3) is 15.8. The molecule has 106 heavy (non-hydrogen) atoms. The van der Waals surface area contributed by atoms with Crippen molar-refractivity contribution in [2.75, 3.05) is 18.4 Å². The van der Waals surface area contributed by atoms with E-state index in [1.807, 2.05) is 34.6 Å². The minimum absolute atomic E-state index is 0.0193. The molecule has 6 saturated heterocycles. The van der Waals surface area contributed by atoms with Crippen molar-refractivity contribution in [2.45, 2.75) is 270 Å². The monoisotopic (exact) mass is 1480 g/mol. The minimum Gasteiger partial charge on any atom is -0.393 e. The van der Waals surface area contributed by atoms with Crippen molar-refractivity contribution < 1.29 is 83.1 Å². The van der Waals surface area contributed by atoms with Crippen LogP contribution in [0.25, 0.3) is 11.1 Å². The SMILES string of the molecule is CC(C)C[C@@H]1NC(=O)[C@H]2C[C@@H](O)CNN2C(=O)[C@H](C(C)C)NC(=O)[C@@H](C(C)C)NC(=O)[C@@H]2C[C@@]3(O)c4cc(-c5ccc6c(c5)[C@]5(O)C[C@H]7C(=O)N[C@H](C(C)C)C(=O)C[C@@H](C(C)C)C(=O)N8CC[C@H](C)C[C@@H]8C(=O)N[C@@H](CC(C)C)C(=O)N[C@H]([C@H](C)O)C(=O)N7[C@@H]5N6)ccc4C[C@H]3N2C(=O)[C@@H]([C@H](C)O)CC1=O. The van der Waals surface area contributed by atoms with Crippen LogP contribution in [0.2, 0.25) is 0 Å². The van der Waals surface area contributed by atoms with Gasteiger partial charge in [-0.3, -0.25) is 62.5 Å². The second-order valence-corrected chi connectivity index (χ2v) is 33.7. The highest BCUT2D eigenvalue weighted by Gasteiger charge is 2.64. The fraction of sp³-hybridized carbons (Fsp3) is 0.688. The molecule has 0 spiro atoms. The molecule has 1 aliphatic carbocycles. The van der Waals surface area contributed by atoms with Crippen molar-refractivity contribution in [3.63, 3.8) is 0 Å². The Morgan fingerprint density at radius 1 is 0.481 bits per heavy atom. The number of nitrogens with zero attached hydrogens (tertiary/aromatic N) is 4. The van der Waals surface area contributed by atoms with Crippen LogP contribution in [0.5, 0.6) is 0 Å². The van der Waals surface area contributed by atoms with Crippen molar-refractivity contribution >= 4 is 76.3 Å². The summed E-state index contributed by atoms with van der Waals surface area (Å²) in [4.78, 5) is 183. The first-order chi connectivity index (χ1) is 49.7. The van der Waals surface area contributed by atoms with Gasteiger partial charge in [0.1, 0.15) is 65.7 Å². The van der Waals surface area contributed by atoms with E-state index in [9.17, 15) is 63.9 Å². The summed E-state index contributed by atoms with van der Waals surface area (Å²) in [6.45, 7) is 25.7. The Morgan fingerprint density at radius 3 is 1.62 bits per heavy atom. The zero-order valence-corrected chi connectivity index (χ0v) is 63.7. The lowest BCUT2D eigenvalue weighted by molar-refractivity contribution is -0.154. The lowest BCUT2D eigenvalue weighted by atomic mass is 9.83. The molecule has 2 aromatic carbocycles. The second kappa shape index (κ2) is 31.7. The molecular weight excluding hydrogens is 1360 g/mol. The second-order valence-electron chi connectivity index (χ2n) is 33.7. The van der Waals surface area contributed by atoms with E-state index in [4.69, 9.17) is 0 Å². The Balaban J connectivity index is 1.01. The normalized spacial score (nSPS) is 33.9.